The number of hydrogen-bond acceptors (Lipinski definition) is 4. The maximum Gasteiger partial charge on any atom is 0.185 e. The molecule has 0 N–H and O–H groups in total. The van der Waals surface area contributed by atoms with Crippen molar-refractivity contribution in [2.45, 2.75) is 6.92 Å². The summed E-state index contributed by atoms with van der Waals surface area (Å²) in [6, 6.07) is 2.70. The maximum absolute atomic E-state index is 12.7. The fraction of sp³-hybridized carbons (Fsp3) is 0.538. The van der Waals surface area contributed by atoms with E-state index in [1.807, 2.05) is 6.92 Å². The zero-order valence-corrected chi connectivity index (χ0v) is 10.4. The van der Waals surface area contributed by atoms with Crippen molar-refractivity contribution >= 4 is 5.78 Å². The summed E-state index contributed by atoms with van der Waals surface area (Å²) in [4.78, 5) is 18.1. The highest BCUT2D eigenvalue weighted by Gasteiger charge is 2.20. The number of ether oxygens (including phenoxy) is 1. The van der Waals surface area contributed by atoms with Crippen LogP contribution in [0.15, 0.2) is 18.3 Å². The molecule has 1 saturated heterocycles. The molecule has 0 aliphatic carbocycles. The van der Waals surface area contributed by atoms with E-state index in [0.717, 1.165) is 32.5 Å². The standard InChI is InChI=1S/C13H17FN2O2/c1-10(9-16-4-6-18-7-5-16)13(17)12-3-2-11(14)8-15-12/h2-3,8,10H,4-7,9H2,1H3. The minimum absolute atomic E-state index is 0.0403. The molecule has 1 aromatic heterocycles. The SMILES string of the molecule is CC(CN1CCOCC1)C(=O)c1ccc(F)cn1. The maximum atomic E-state index is 12.7. The summed E-state index contributed by atoms with van der Waals surface area (Å²) in [5.41, 5.74) is 0.331. The molecular weight excluding hydrogens is 235 g/mol. The molecule has 0 radical (unpaired) electrons. The third-order valence-corrected chi connectivity index (χ3v) is 3.06. The number of rotatable bonds is 4. The Morgan fingerprint density at radius 1 is 1.50 bits per heavy atom. The number of Topliss-reactive ketones (excluding diaryl/α,β-unsaturated/α-hetero) is 1. The van der Waals surface area contributed by atoms with Gasteiger partial charge in [0.25, 0.3) is 0 Å². The minimum atomic E-state index is -0.424. The van der Waals surface area contributed by atoms with Gasteiger partial charge in [-0.15, -0.1) is 0 Å². The normalized spacial score (nSPS) is 18.6. The van der Waals surface area contributed by atoms with Crippen molar-refractivity contribution in [3.63, 3.8) is 0 Å². The van der Waals surface area contributed by atoms with E-state index in [-0.39, 0.29) is 11.7 Å². The fourth-order valence-corrected chi connectivity index (χ4v) is 2.03. The third-order valence-electron chi connectivity index (χ3n) is 3.06. The number of pyridine rings is 1. The fourth-order valence-electron chi connectivity index (χ4n) is 2.03. The highest BCUT2D eigenvalue weighted by molar-refractivity contribution is 5.95. The Kier molecular flexibility index (Phi) is 4.38. The lowest BCUT2D eigenvalue weighted by molar-refractivity contribution is 0.0312. The van der Waals surface area contributed by atoms with E-state index in [0.29, 0.717) is 12.2 Å². The van der Waals surface area contributed by atoms with Crippen LogP contribution in [0, 0.1) is 11.7 Å². The van der Waals surface area contributed by atoms with Gasteiger partial charge >= 0.3 is 0 Å². The van der Waals surface area contributed by atoms with Gasteiger partial charge in [0, 0.05) is 25.6 Å². The predicted molar refractivity (Wildman–Crippen MR) is 64.9 cm³/mol. The number of nitrogens with zero attached hydrogens (tertiary/aromatic N) is 2. The topological polar surface area (TPSA) is 42.4 Å². The van der Waals surface area contributed by atoms with Gasteiger partial charge in [-0.25, -0.2) is 4.39 Å². The first-order chi connectivity index (χ1) is 8.66. The van der Waals surface area contributed by atoms with E-state index >= 15 is 0 Å². The van der Waals surface area contributed by atoms with Gasteiger partial charge in [0.2, 0.25) is 0 Å². The van der Waals surface area contributed by atoms with E-state index in [1.54, 1.807) is 0 Å². The number of hydrogen-bond donors (Lipinski definition) is 0. The number of aromatic nitrogens is 1. The van der Waals surface area contributed by atoms with Crippen LogP contribution in [-0.4, -0.2) is 48.5 Å². The van der Waals surface area contributed by atoms with Crippen molar-refractivity contribution in [1.29, 1.82) is 0 Å². The first-order valence-electron chi connectivity index (χ1n) is 6.12. The van der Waals surface area contributed by atoms with Crippen LogP contribution in [0.3, 0.4) is 0 Å². The molecule has 1 atom stereocenters. The molecule has 5 heteroatoms. The van der Waals surface area contributed by atoms with Crippen LogP contribution in [0.2, 0.25) is 0 Å². The first-order valence-corrected chi connectivity index (χ1v) is 6.12. The van der Waals surface area contributed by atoms with Gasteiger partial charge < -0.3 is 4.74 Å². The van der Waals surface area contributed by atoms with Gasteiger partial charge in [-0.1, -0.05) is 6.92 Å². The zero-order chi connectivity index (χ0) is 13.0. The van der Waals surface area contributed by atoms with Crippen molar-refractivity contribution in [3.05, 3.63) is 29.8 Å². The van der Waals surface area contributed by atoms with Gasteiger partial charge in [-0.3, -0.25) is 14.7 Å². The number of halogens is 1. The molecule has 0 bridgehead atoms. The number of morpholine rings is 1. The molecule has 4 nitrogen and oxygen atoms in total. The Bertz CT molecular complexity index is 402. The monoisotopic (exact) mass is 252 g/mol. The lowest BCUT2D eigenvalue weighted by Gasteiger charge is -2.28. The zero-order valence-electron chi connectivity index (χ0n) is 10.4. The van der Waals surface area contributed by atoms with Crippen LogP contribution in [-0.2, 0) is 4.74 Å². The molecule has 0 amide bonds. The van der Waals surface area contributed by atoms with Gasteiger partial charge in [0.15, 0.2) is 5.78 Å². The molecule has 98 valence electrons. The van der Waals surface area contributed by atoms with Crippen LogP contribution in [0.25, 0.3) is 0 Å². The molecule has 0 aromatic carbocycles. The average molecular weight is 252 g/mol. The molecule has 1 aromatic rings. The minimum Gasteiger partial charge on any atom is -0.379 e. The molecule has 18 heavy (non-hydrogen) atoms. The summed E-state index contributed by atoms with van der Waals surface area (Å²) in [5.74, 6) is -0.602. The summed E-state index contributed by atoms with van der Waals surface area (Å²) >= 11 is 0. The average Bonchev–Trinajstić information content (AvgIpc) is 2.40. The second-order valence-electron chi connectivity index (χ2n) is 4.54. The van der Waals surface area contributed by atoms with E-state index in [2.05, 4.69) is 9.88 Å². The molecule has 1 fully saturated rings. The highest BCUT2D eigenvalue weighted by atomic mass is 19.1. The molecule has 2 rings (SSSR count). The second-order valence-corrected chi connectivity index (χ2v) is 4.54. The largest absolute Gasteiger partial charge is 0.379 e. The second kappa shape index (κ2) is 6.02. The van der Waals surface area contributed by atoms with Crippen molar-refractivity contribution in [2.75, 3.05) is 32.8 Å². The lowest BCUT2D eigenvalue weighted by atomic mass is 10.0. The van der Waals surface area contributed by atoms with Crippen LogP contribution in [0.1, 0.15) is 17.4 Å². The Labute approximate surface area is 106 Å². The Morgan fingerprint density at radius 3 is 2.83 bits per heavy atom. The van der Waals surface area contributed by atoms with Crippen molar-refractivity contribution in [2.24, 2.45) is 5.92 Å². The summed E-state index contributed by atoms with van der Waals surface area (Å²) in [7, 11) is 0. The summed E-state index contributed by atoms with van der Waals surface area (Å²) < 4.78 is 18.0. The van der Waals surface area contributed by atoms with Crippen LogP contribution in [0.4, 0.5) is 4.39 Å². The van der Waals surface area contributed by atoms with Gasteiger partial charge in [-0.2, -0.15) is 0 Å². The lowest BCUT2D eigenvalue weighted by Crippen LogP contribution is -2.40. The quantitative estimate of drug-likeness (QED) is 0.759. The van der Waals surface area contributed by atoms with Crippen LogP contribution >= 0.6 is 0 Å². The Morgan fingerprint density at radius 2 is 2.22 bits per heavy atom. The van der Waals surface area contributed by atoms with Crippen molar-refractivity contribution in [3.8, 4) is 0 Å². The molecular formula is C13H17FN2O2. The van der Waals surface area contributed by atoms with Gasteiger partial charge in [-0.05, 0) is 12.1 Å². The smallest absolute Gasteiger partial charge is 0.185 e. The van der Waals surface area contributed by atoms with Crippen molar-refractivity contribution < 1.29 is 13.9 Å². The Hall–Kier alpha value is -1.33. The van der Waals surface area contributed by atoms with Gasteiger partial charge in [0.1, 0.15) is 11.5 Å². The van der Waals surface area contributed by atoms with E-state index in [1.165, 1.54) is 12.1 Å². The van der Waals surface area contributed by atoms with Gasteiger partial charge in [0.05, 0.1) is 19.4 Å². The molecule has 2 heterocycles. The summed E-state index contributed by atoms with van der Waals surface area (Å²) in [6.07, 6.45) is 1.08. The number of carbonyl (C=O) groups is 1. The molecule has 1 unspecified atom stereocenters. The summed E-state index contributed by atoms with van der Waals surface area (Å²) in [6.45, 7) is 5.72. The molecule has 1 aliphatic rings. The number of carbonyl (C=O) groups excluding carboxylic acids is 1. The van der Waals surface area contributed by atoms with Crippen LogP contribution in [0.5, 0.6) is 0 Å². The highest BCUT2D eigenvalue weighted by Crippen LogP contribution is 2.10. The van der Waals surface area contributed by atoms with Crippen molar-refractivity contribution in [1.82, 2.24) is 9.88 Å². The summed E-state index contributed by atoms with van der Waals surface area (Å²) in [5, 5.41) is 0. The molecule has 0 saturated carbocycles. The van der Waals surface area contributed by atoms with E-state index < -0.39 is 5.82 Å². The third kappa shape index (κ3) is 3.34. The predicted octanol–water partition coefficient (Wildman–Crippen LogP) is 1.37. The first kappa shape index (κ1) is 13.1. The van der Waals surface area contributed by atoms with E-state index in [9.17, 15) is 9.18 Å². The van der Waals surface area contributed by atoms with Crippen LogP contribution < -0.4 is 0 Å². The molecule has 0 spiro atoms. The molecule has 1 aliphatic heterocycles. The number of ketones is 1. The van der Waals surface area contributed by atoms with E-state index in [4.69, 9.17) is 4.74 Å². The Balaban J connectivity index is 1.93.